The number of carbonyl (C=O) groups excluding carboxylic acids is 1. The van der Waals surface area contributed by atoms with Crippen molar-refractivity contribution in [3.8, 4) is 45.5 Å². The molecule has 37 heavy (non-hydrogen) atoms. The normalized spacial score (nSPS) is 12.1. The molecule has 1 amide bonds. The number of halogens is 1. The minimum atomic E-state index is -0.350. The van der Waals surface area contributed by atoms with Crippen molar-refractivity contribution in [1.29, 1.82) is 0 Å². The number of fused-ring (bicyclic) bond motifs is 1. The van der Waals surface area contributed by atoms with Gasteiger partial charge in [-0.15, -0.1) is 0 Å². The smallest absolute Gasteiger partial charge is 0.287 e. The van der Waals surface area contributed by atoms with Crippen molar-refractivity contribution < 1.29 is 18.7 Å². The number of benzene rings is 2. The summed E-state index contributed by atoms with van der Waals surface area (Å²) >= 11 is 5.96. The fourth-order valence-electron chi connectivity index (χ4n) is 4.11. The third-order valence-corrected chi connectivity index (χ3v) is 6.17. The van der Waals surface area contributed by atoms with Gasteiger partial charge in [0.25, 0.3) is 5.91 Å². The van der Waals surface area contributed by atoms with Crippen molar-refractivity contribution >= 4 is 17.5 Å². The van der Waals surface area contributed by atoms with Crippen LogP contribution in [0.3, 0.4) is 0 Å². The van der Waals surface area contributed by atoms with Gasteiger partial charge >= 0.3 is 0 Å². The largest absolute Gasteiger partial charge is 0.454 e. The highest BCUT2D eigenvalue weighted by Gasteiger charge is 2.20. The number of amides is 1. The van der Waals surface area contributed by atoms with E-state index in [1.807, 2.05) is 55.5 Å². The second kappa shape index (κ2) is 9.48. The maximum atomic E-state index is 12.8. The first-order chi connectivity index (χ1) is 18.0. The molecule has 0 atom stereocenters. The standard InChI is InChI=1S/C28H21ClN4O4/c1-16-3-2-4-20(31-16)27-26(18-7-10-22-24(13-18)36-15-35-22)32-25(33-27)14-30-28(34)23-12-11-21(37-23)17-5-8-19(29)9-6-17/h2-13H,14-15H2,1H3,(H,30,34)(H,32,33). The molecule has 0 aliphatic carbocycles. The van der Waals surface area contributed by atoms with Gasteiger partial charge in [-0.3, -0.25) is 9.78 Å². The van der Waals surface area contributed by atoms with Crippen LogP contribution in [-0.2, 0) is 6.54 Å². The number of rotatable bonds is 6. The number of H-pyrrole nitrogens is 1. The zero-order valence-electron chi connectivity index (χ0n) is 19.7. The minimum absolute atomic E-state index is 0.166. The topological polar surface area (TPSA) is 102 Å². The molecule has 0 saturated carbocycles. The molecule has 184 valence electrons. The van der Waals surface area contributed by atoms with Crippen LogP contribution >= 0.6 is 11.6 Å². The molecule has 6 rings (SSSR count). The van der Waals surface area contributed by atoms with E-state index in [4.69, 9.17) is 30.5 Å². The molecule has 5 aromatic rings. The van der Waals surface area contributed by atoms with Gasteiger partial charge in [-0.2, -0.15) is 0 Å². The van der Waals surface area contributed by atoms with Crippen LogP contribution in [0.4, 0.5) is 0 Å². The predicted molar refractivity (Wildman–Crippen MR) is 138 cm³/mol. The van der Waals surface area contributed by atoms with Crippen LogP contribution in [0.15, 0.2) is 77.2 Å². The van der Waals surface area contributed by atoms with Crippen molar-refractivity contribution in [2.24, 2.45) is 0 Å². The monoisotopic (exact) mass is 512 g/mol. The second-order valence-electron chi connectivity index (χ2n) is 8.49. The Balaban J connectivity index is 1.25. The molecular formula is C28H21ClN4O4. The summed E-state index contributed by atoms with van der Waals surface area (Å²) in [6.45, 7) is 2.29. The molecule has 0 radical (unpaired) electrons. The van der Waals surface area contributed by atoms with E-state index in [2.05, 4.69) is 15.3 Å². The fourth-order valence-corrected chi connectivity index (χ4v) is 4.23. The molecule has 8 nitrogen and oxygen atoms in total. The zero-order valence-corrected chi connectivity index (χ0v) is 20.5. The number of carbonyl (C=O) groups is 1. The average molecular weight is 513 g/mol. The number of nitrogens with one attached hydrogen (secondary N) is 2. The Morgan fingerprint density at radius 2 is 1.78 bits per heavy atom. The molecule has 0 unspecified atom stereocenters. The third-order valence-electron chi connectivity index (χ3n) is 5.92. The highest BCUT2D eigenvalue weighted by molar-refractivity contribution is 6.30. The van der Waals surface area contributed by atoms with Crippen molar-refractivity contribution in [2.45, 2.75) is 13.5 Å². The van der Waals surface area contributed by atoms with Crippen LogP contribution in [0.2, 0.25) is 5.02 Å². The van der Waals surface area contributed by atoms with Crippen molar-refractivity contribution in [3.63, 3.8) is 0 Å². The van der Waals surface area contributed by atoms with Crippen LogP contribution in [0.25, 0.3) is 34.0 Å². The highest BCUT2D eigenvalue weighted by atomic mass is 35.5. The van der Waals surface area contributed by atoms with Gasteiger partial charge in [-0.25, -0.2) is 4.98 Å². The molecule has 0 fully saturated rings. The van der Waals surface area contributed by atoms with E-state index in [1.54, 1.807) is 24.3 Å². The quantitative estimate of drug-likeness (QED) is 0.288. The van der Waals surface area contributed by atoms with Crippen molar-refractivity contribution in [3.05, 3.63) is 95.1 Å². The number of hydrogen-bond donors (Lipinski definition) is 2. The van der Waals surface area contributed by atoms with Crippen molar-refractivity contribution in [2.75, 3.05) is 6.79 Å². The first-order valence-electron chi connectivity index (χ1n) is 11.6. The van der Waals surface area contributed by atoms with Gasteiger partial charge in [0.05, 0.1) is 23.6 Å². The van der Waals surface area contributed by atoms with Gasteiger partial charge < -0.3 is 24.2 Å². The maximum Gasteiger partial charge on any atom is 0.287 e. The number of imidazole rings is 1. The number of pyridine rings is 1. The number of ether oxygens (including phenoxy) is 2. The molecule has 4 heterocycles. The van der Waals surface area contributed by atoms with Gasteiger partial charge in [0.15, 0.2) is 17.3 Å². The van der Waals surface area contributed by atoms with Crippen LogP contribution < -0.4 is 14.8 Å². The molecule has 3 aromatic heterocycles. The lowest BCUT2D eigenvalue weighted by Crippen LogP contribution is -2.22. The number of aryl methyl sites for hydroxylation is 1. The van der Waals surface area contributed by atoms with E-state index < -0.39 is 0 Å². The highest BCUT2D eigenvalue weighted by Crippen LogP contribution is 2.38. The summed E-state index contributed by atoms with van der Waals surface area (Å²) < 4.78 is 16.8. The lowest BCUT2D eigenvalue weighted by atomic mass is 10.1. The molecule has 2 aromatic carbocycles. The second-order valence-corrected chi connectivity index (χ2v) is 8.93. The van der Waals surface area contributed by atoms with Gasteiger partial charge in [0, 0.05) is 21.8 Å². The number of hydrogen-bond acceptors (Lipinski definition) is 6. The van der Waals surface area contributed by atoms with E-state index in [1.165, 1.54) is 0 Å². The number of aromatic nitrogens is 3. The van der Waals surface area contributed by atoms with E-state index in [-0.39, 0.29) is 25.0 Å². The van der Waals surface area contributed by atoms with E-state index >= 15 is 0 Å². The molecule has 0 bridgehead atoms. The van der Waals surface area contributed by atoms with Gasteiger partial charge in [0.2, 0.25) is 6.79 Å². The summed E-state index contributed by atoms with van der Waals surface area (Å²) in [4.78, 5) is 25.6. The molecule has 9 heteroatoms. The molecule has 0 saturated heterocycles. The van der Waals surface area contributed by atoms with E-state index in [9.17, 15) is 4.79 Å². The molecule has 1 aliphatic heterocycles. The predicted octanol–water partition coefficient (Wildman–Crippen LogP) is 6.02. The number of nitrogens with zero attached hydrogens (tertiary/aromatic N) is 2. The van der Waals surface area contributed by atoms with Crippen LogP contribution in [0, 0.1) is 6.92 Å². The van der Waals surface area contributed by atoms with Crippen LogP contribution in [-0.4, -0.2) is 27.7 Å². The Morgan fingerprint density at radius 3 is 2.62 bits per heavy atom. The summed E-state index contributed by atoms with van der Waals surface area (Å²) in [5.41, 5.74) is 4.75. The van der Waals surface area contributed by atoms with E-state index in [0.29, 0.717) is 33.8 Å². The SMILES string of the molecule is Cc1cccc(-c2[nH]c(CNC(=O)c3ccc(-c4ccc(Cl)cc4)o3)nc2-c2ccc3c(c2)OCO3)n1. The Kier molecular flexibility index (Phi) is 5.86. The summed E-state index contributed by atoms with van der Waals surface area (Å²) in [6.07, 6.45) is 0. The number of aromatic amines is 1. The van der Waals surface area contributed by atoms with Crippen molar-refractivity contribution in [1.82, 2.24) is 20.3 Å². The molecule has 1 aliphatic rings. The number of furan rings is 1. The summed E-state index contributed by atoms with van der Waals surface area (Å²) in [7, 11) is 0. The average Bonchev–Trinajstić information content (AvgIpc) is 3.67. The Hall–Kier alpha value is -4.56. The van der Waals surface area contributed by atoms with Gasteiger partial charge in [0.1, 0.15) is 11.6 Å². The molecule has 0 spiro atoms. The molecular weight excluding hydrogens is 492 g/mol. The fraction of sp³-hybridized carbons (Fsp3) is 0.107. The Bertz CT molecular complexity index is 1610. The summed E-state index contributed by atoms with van der Waals surface area (Å²) in [6, 6.07) is 22.1. The summed E-state index contributed by atoms with van der Waals surface area (Å²) in [5, 5.41) is 3.50. The third kappa shape index (κ3) is 4.66. The van der Waals surface area contributed by atoms with Gasteiger partial charge in [-0.05, 0) is 73.7 Å². The van der Waals surface area contributed by atoms with Crippen LogP contribution in [0.5, 0.6) is 11.5 Å². The minimum Gasteiger partial charge on any atom is -0.454 e. The Labute approximate surface area is 217 Å². The zero-order chi connectivity index (χ0) is 25.4. The maximum absolute atomic E-state index is 12.8. The van der Waals surface area contributed by atoms with Crippen LogP contribution in [0.1, 0.15) is 22.1 Å². The van der Waals surface area contributed by atoms with E-state index in [0.717, 1.165) is 28.2 Å². The lowest BCUT2D eigenvalue weighted by molar-refractivity contribution is 0.0923. The summed E-state index contributed by atoms with van der Waals surface area (Å²) in [5.74, 6) is 2.36. The molecule has 2 N–H and O–H groups in total. The lowest BCUT2D eigenvalue weighted by Gasteiger charge is -2.04. The van der Waals surface area contributed by atoms with Gasteiger partial charge in [-0.1, -0.05) is 17.7 Å². The Morgan fingerprint density at radius 1 is 0.973 bits per heavy atom. The first kappa shape index (κ1) is 22.9. The first-order valence-corrected chi connectivity index (χ1v) is 12.0.